The van der Waals surface area contributed by atoms with Crippen molar-refractivity contribution >= 4 is 0 Å². The highest BCUT2D eigenvalue weighted by Crippen LogP contribution is 2.21. The van der Waals surface area contributed by atoms with Gasteiger partial charge in [-0.15, -0.1) is 0 Å². The van der Waals surface area contributed by atoms with Gasteiger partial charge < -0.3 is 10.1 Å². The van der Waals surface area contributed by atoms with E-state index in [0.717, 1.165) is 13.2 Å². The van der Waals surface area contributed by atoms with E-state index in [0.29, 0.717) is 12.0 Å². The van der Waals surface area contributed by atoms with Crippen molar-refractivity contribution in [2.75, 3.05) is 13.2 Å². The van der Waals surface area contributed by atoms with Crippen LogP contribution in [0, 0.1) is 5.92 Å². The van der Waals surface area contributed by atoms with Gasteiger partial charge in [-0.2, -0.15) is 0 Å². The van der Waals surface area contributed by atoms with Crippen LogP contribution in [0.5, 0.6) is 0 Å². The normalized spacial score (nSPS) is 14.9. The molecule has 0 aliphatic heterocycles. The Morgan fingerprint density at radius 1 is 1.12 bits per heavy atom. The van der Waals surface area contributed by atoms with Gasteiger partial charge >= 0.3 is 0 Å². The van der Waals surface area contributed by atoms with Crippen molar-refractivity contribution in [3.63, 3.8) is 0 Å². The fourth-order valence-corrected chi connectivity index (χ4v) is 2.04. The first-order valence-electron chi connectivity index (χ1n) is 6.55. The van der Waals surface area contributed by atoms with Crippen molar-refractivity contribution in [1.29, 1.82) is 0 Å². The summed E-state index contributed by atoms with van der Waals surface area (Å²) in [7, 11) is 0. The van der Waals surface area contributed by atoms with Gasteiger partial charge in [-0.1, -0.05) is 44.2 Å². The van der Waals surface area contributed by atoms with Crippen molar-refractivity contribution in [2.45, 2.75) is 39.8 Å². The first-order chi connectivity index (χ1) is 8.15. The Hall–Kier alpha value is -0.860. The molecule has 0 aliphatic carbocycles. The largest absolute Gasteiger partial charge is 0.377 e. The lowest BCUT2D eigenvalue weighted by Gasteiger charge is -2.25. The highest BCUT2D eigenvalue weighted by Gasteiger charge is 2.15. The Kier molecular flexibility index (Phi) is 6.23. The number of hydrogen-bond acceptors (Lipinski definition) is 2. The Labute approximate surface area is 105 Å². The summed E-state index contributed by atoms with van der Waals surface area (Å²) in [6, 6.07) is 11.0. The maximum absolute atomic E-state index is 5.55. The van der Waals surface area contributed by atoms with Crippen molar-refractivity contribution < 1.29 is 4.74 Å². The van der Waals surface area contributed by atoms with Crippen molar-refractivity contribution in [2.24, 2.45) is 5.92 Å². The molecule has 17 heavy (non-hydrogen) atoms. The van der Waals surface area contributed by atoms with Gasteiger partial charge in [-0.25, -0.2) is 0 Å². The van der Waals surface area contributed by atoms with E-state index in [9.17, 15) is 0 Å². The average Bonchev–Trinajstić information content (AvgIpc) is 2.30. The van der Waals surface area contributed by atoms with Gasteiger partial charge in [-0.3, -0.25) is 0 Å². The molecular formula is C15H25NO. The summed E-state index contributed by atoms with van der Waals surface area (Å²) in [4.78, 5) is 0. The molecule has 1 N–H and O–H groups in total. The Morgan fingerprint density at radius 3 is 2.29 bits per heavy atom. The van der Waals surface area contributed by atoms with Gasteiger partial charge in [0.05, 0.1) is 6.10 Å². The van der Waals surface area contributed by atoms with Crippen molar-refractivity contribution in [1.82, 2.24) is 5.32 Å². The van der Waals surface area contributed by atoms with Crippen molar-refractivity contribution in [3.05, 3.63) is 35.9 Å². The third-order valence-corrected chi connectivity index (χ3v) is 2.90. The molecule has 0 amide bonds. The summed E-state index contributed by atoms with van der Waals surface area (Å²) in [6.07, 6.45) is 0.268. The highest BCUT2D eigenvalue weighted by molar-refractivity contribution is 5.19. The topological polar surface area (TPSA) is 21.3 Å². The van der Waals surface area contributed by atoms with Crippen LogP contribution in [0.1, 0.15) is 39.3 Å². The second-order valence-electron chi connectivity index (χ2n) is 4.81. The fraction of sp³-hybridized carbons (Fsp3) is 0.600. The third-order valence-electron chi connectivity index (χ3n) is 2.90. The first kappa shape index (κ1) is 14.2. The van der Waals surface area contributed by atoms with Gasteiger partial charge in [0.25, 0.3) is 0 Å². The smallest absolute Gasteiger partial charge is 0.0671 e. The summed E-state index contributed by atoms with van der Waals surface area (Å²) in [6.45, 7) is 10.3. The minimum absolute atomic E-state index is 0.268. The van der Waals surface area contributed by atoms with E-state index in [1.54, 1.807) is 0 Å². The monoisotopic (exact) mass is 235 g/mol. The summed E-state index contributed by atoms with van der Waals surface area (Å²) in [5.74, 6) is 0.575. The summed E-state index contributed by atoms with van der Waals surface area (Å²) < 4.78 is 5.55. The molecular weight excluding hydrogens is 210 g/mol. The van der Waals surface area contributed by atoms with E-state index in [4.69, 9.17) is 4.74 Å². The lowest BCUT2D eigenvalue weighted by atomic mass is 9.96. The molecule has 0 heterocycles. The predicted octanol–water partition coefficient (Wildman–Crippen LogP) is 3.40. The molecule has 0 aromatic heterocycles. The van der Waals surface area contributed by atoms with E-state index in [1.807, 2.05) is 6.92 Å². The number of hydrogen-bond donors (Lipinski definition) is 1. The zero-order valence-electron chi connectivity index (χ0n) is 11.4. The number of benzene rings is 1. The van der Waals surface area contributed by atoms with Gasteiger partial charge in [0.15, 0.2) is 0 Å². The molecule has 1 aromatic carbocycles. The molecule has 1 rings (SSSR count). The second-order valence-corrected chi connectivity index (χ2v) is 4.81. The molecule has 2 nitrogen and oxygen atoms in total. The quantitative estimate of drug-likeness (QED) is 0.782. The van der Waals surface area contributed by atoms with Crippen LogP contribution in [0.25, 0.3) is 0 Å². The molecule has 2 unspecified atom stereocenters. The number of ether oxygens (including phenoxy) is 1. The van der Waals surface area contributed by atoms with Crippen LogP contribution in [0.15, 0.2) is 30.3 Å². The molecule has 0 spiro atoms. The molecule has 0 bridgehead atoms. The molecule has 0 saturated carbocycles. The van der Waals surface area contributed by atoms with E-state index < -0.39 is 0 Å². The number of nitrogens with one attached hydrogen (secondary N) is 1. The zero-order chi connectivity index (χ0) is 12.7. The maximum atomic E-state index is 5.55. The summed E-state index contributed by atoms with van der Waals surface area (Å²) in [5, 5.41) is 3.60. The summed E-state index contributed by atoms with van der Waals surface area (Å²) >= 11 is 0. The first-order valence-corrected chi connectivity index (χ1v) is 6.55. The van der Waals surface area contributed by atoms with Gasteiger partial charge in [0.1, 0.15) is 0 Å². The van der Waals surface area contributed by atoms with Crippen LogP contribution in [0.4, 0.5) is 0 Å². The lowest BCUT2D eigenvalue weighted by Crippen LogP contribution is -2.33. The van der Waals surface area contributed by atoms with E-state index >= 15 is 0 Å². The molecule has 0 fully saturated rings. The third kappa shape index (κ3) is 4.88. The van der Waals surface area contributed by atoms with Crippen LogP contribution in [0.3, 0.4) is 0 Å². The molecule has 1 aromatic rings. The predicted molar refractivity (Wildman–Crippen MR) is 73.1 cm³/mol. The minimum atomic E-state index is 0.268. The molecule has 0 aliphatic rings. The Balaban J connectivity index is 2.56. The lowest BCUT2D eigenvalue weighted by molar-refractivity contribution is 0.0725. The summed E-state index contributed by atoms with van der Waals surface area (Å²) in [5.41, 5.74) is 1.35. The van der Waals surface area contributed by atoms with Crippen LogP contribution < -0.4 is 5.32 Å². The van der Waals surface area contributed by atoms with E-state index in [1.165, 1.54) is 5.56 Å². The molecule has 0 saturated heterocycles. The van der Waals surface area contributed by atoms with E-state index in [2.05, 4.69) is 56.4 Å². The average molecular weight is 235 g/mol. The zero-order valence-corrected chi connectivity index (χ0v) is 11.4. The van der Waals surface area contributed by atoms with Crippen LogP contribution >= 0.6 is 0 Å². The molecule has 0 radical (unpaired) electrons. The van der Waals surface area contributed by atoms with Crippen LogP contribution in [-0.4, -0.2) is 19.3 Å². The highest BCUT2D eigenvalue weighted by atomic mass is 16.5. The van der Waals surface area contributed by atoms with Crippen molar-refractivity contribution in [3.8, 4) is 0 Å². The van der Waals surface area contributed by atoms with E-state index in [-0.39, 0.29) is 6.10 Å². The Morgan fingerprint density at radius 2 is 1.76 bits per heavy atom. The number of rotatable bonds is 7. The maximum Gasteiger partial charge on any atom is 0.0671 e. The SMILES string of the molecule is CCOC(C)CNC(c1ccccc1)C(C)C. The molecule has 2 atom stereocenters. The van der Waals surface area contributed by atoms with Gasteiger partial charge in [-0.05, 0) is 25.3 Å². The fourth-order valence-electron chi connectivity index (χ4n) is 2.04. The van der Waals surface area contributed by atoms with Gasteiger partial charge in [0, 0.05) is 19.2 Å². The molecule has 96 valence electrons. The molecule has 2 heteroatoms. The standard InChI is InChI=1S/C15H25NO/c1-5-17-13(4)11-16-15(12(2)3)14-9-7-6-8-10-14/h6-10,12-13,15-16H,5,11H2,1-4H3. The van der Waals surface area contributed by atoms with Gasteiger partial charge in [0.2, 0.25) is 0 Å². The minimum Gasteiger partial charge on any atom is -0.377 e. The van der Waals surface area contributed by atoms with Crippen LogP contribution in [0.2, 0.25) is 0 Å². The second kappa shape index (κ2) is 7.46. The Bertz CT molecular complexity index is 297. The van der Waals surface area contributed by atoms with Crippen LogP contribution in [-0.2, 0) is 4.74 Å².